The molecule has 0 bridgehead atoms. The van der Waals surface area contributed by atoms with Crippen molar-refractivity contribution in [1.82, 2.24) is 0 Å². The Kier molecular flexibility index (Phi) is 8.18. The summed E-state index contributed by atoms with van der Waals surface area (Å²) in [6, 6.07) is 0. The number of aliphatic hydroxyl groups excluding tert-OH is 2. The van der Waals surface area contributed by atoms with Gasteiger partial charge in [-0.1, -0.05) is 19.4 Å². The van der Waals surface area contributed by atoms with Crippen molar-refractivity contribution in [3.63, 3.8) is 0 Å². The monoisotopic (exact) mass is 428 g/mol. The third kappa shape index (κ3) is 4.36. The van der Waals surface area contributed by atoms with Crippen molar-refractivity contribution in [1.29, 1.82) is 0 Å². The molecule has 0 radical (unpaired) electrons. The summed E-state index contributed by atoms with van der Waals surface area (Å²) >= 11 is 0. The molecule has 0 aromatic rings. The van der Waals surface area contributed by atoms with Crippen molar-refractivity contribution in [3.8, 4) is 0 Å². The Morgan fingerprint density at radius 2 is 1.83 bits per heavy atom. The van der Waals surface area contributed by atoms with E-state index in [2.05, 4.69) is 13.8 Å². The molecule has 3 fully saturated rings. The van der Waals surface area contributed by atoms with E-state index in [1.54, 1.807) is 0 Å². The van der Waals surface area contributed by atoms with Crippen LogP contribution >= 0.6 is 0 Å². The van der Waals surface area contributed by atoms with Gasteiger partial charge >= 0.3 is 29.6 Å². The van der Waals surface area contributed by atoms with E-state index in [1.807, 2.05) is 6.08 Å². The van der Waals surface area contributed by atoms with Crippen LogP contribution in [0.4, 0.5) is 0 Å². The van der Waals surface area contributed by atoms with Gasteiger partial charge in [0.25, 0.3) is 0 Å². The van der Waals surface area contributed by atoms with E-state index in [4.69, 9.17) is 9.90 Å². The second kappa shape index (κ2) is 9.53. The van der Waals surface area contributed by atoms with Gasteiger partial charge in [-0.3, -0.25) is 9.59 Å². The summed E-state index contributed by atoms with van der Waals surface area (Å²) in [6.07, 6.45) is 7.32. The Bertz CT molecular complexity index is 729. The Morgan fingerprint density at radius 1 is 1.20 bits per heavy atom. The van der Waals surface area contributed by atoms with E-state index >= 15 is 0 Å². The van der Waals surface area contributed by atoms with Gasteiger partial charge in [0.15, 0.2) is 11.6 Å². The average molecular weight is 429 g/mol. The van der Waals surface area contributed by atoms with Crippen molar-refractivity contribution in [2.75, 3.05) is 6.61 Å². The fourth-order valence-electron chi connectivity index (χ4n) is 7.33. The summed E-state index contributed by atoms with van der Waals surface area (Å²) in [4.78, 5) is 33.1. The fraction of sp³-hybridized carbons (Fsp3) is 0.783. The van der Waals surface area contributed by atoms with Crippen LogP contribution in [0.2, 0.25) is 0 Å². The third-order valence-corrected chi connectivity index (χ3v) is 8.44. The number of fused-ring (bicyclic) bond motifs is 5. The van der Waals surface area contributed by atoms with Crippen LogP contribution in [0.15, 0.2) is 11.6 Å². The summed E-state index contributed by atoms with van der Waals surface area (Å²) in [5.74, 6) is 0.0347. The van der Waals surface area contributed by atoms with Crippen LogP contribution in [0.3, 0.4) is 0 Å². The van der Waals surface area contributed by atoms with Gasteiger partial charge < -0.3 is 20.1 Å². The van der Waals surface area contributed by atoms with Crippen LogP contribution in [0.5, 0.6) is 0 Å². The third-order valence-electron chi connectivity index (χ3n) is 8.44. The molecule has 3 saturated carbocycles. The number of carbonyl (C=O) groups excluding carboxylic acids is 3. The van der Waals surface area contributed by atoms with Crippen LogP contribution in [0.1, 0.15) is 65.7 Å². The number of Topliss-reactive ketones (excluding diaryl/α,β-unsaturated/α-hetero) is 1. The number of ketones is 2. The largest absolute Gasteiger partial charge is 1.00 e. The Morgan fingerprint density at radius 3 is 2.43 bits per heavy atom. The molecule has 0 aromatic heterocycles. The fourth-order valence-corrected chi connectivity index (χ4v) is 7.33. The van der Waals surface area contributed by atoms with E-state index in [-0.39, 0.29) is 70.4 Å². The quantitative estimate of drug-likeness (QED) is 0.514. The molecule has 0 spiro atoms. The summed E-state index contributed by atoms with van der Waals surface area (Å²) in [5.41, 5.74) is 0.979. The molecule has 0 heterocycles. The van der Waals surface area contributed by atoms with Gasteiger partial charge in [-0.05, 0) is 80.1 Å². The number of carboxylic acids is 1. The molecule has 6 nitrogen and oxygen atoms in total. The zero-order valence-electron chi connectivity index (χ0n) is 18.6. The Labute approximate surface area is 200 Å². The maximum absolute atomic E-state index is 12.3. The first kappa shape index (κ1) is 25.7. The normalized spacial score (nSPS) is 41.7. The van der Waals surface area contributed by atoms with Crippen molar-refractivity contribution in [3.05, 3.63) is 11.6 Å². The molecule has 7 heteroatoms. The minimum Gasteiger partial charge on any atom is -0.550 e. The SMILES string of the molecule is CC(=O)[O-].C[C@]12CCC(=O)C=C1CC[C@@H]1C3CC[C@H](C(=O)CO)[C@@]3(C)C[C@H](O)[C@H]12.[Na+]. The molecule has 0 amide bonds. The number of hydrogen-bond donors (Lipinski definition) is 2. The van der Waals surface area contributed by atoms with Crippen LogP contribution in [0.25, 0.3) is 0 Å². The zero-order chi connectivity index (χ0) is 21.6. The number of rotatable bonds is 2. The van der Waals surface area contributed by atoms with E-state index < -0.39 is 12.1 Å². The predicted octanol–water partition coefficient (Wildman–Crippen LogP) is -1.57. The molecule has 4 rings (SSSR count). The van der Waals surface area contributed by atoms with Crippen molar-refractivity contribution < 1.29 is 59.3 Å². The van der Waals surface area contributed by atoms with Crippen molar-refractivity contribution in [2.24, 2.45) is 34.5 Å². The van der Waals surface area contributed by atoms with E-state index in [0.29, 0.717) is 24.7 Å². The zero-order valence-corrected chi connectivity index (χ0v) is 20.6. The Balaban J connectivity index is 0.000000591. The molecule has 4 aliphatic carbocycles. The first-order valence-corrected chi connectivity index (χ1v) is 10.8. The molecule has 0 saturated heterocycles. The molecule has 162 valence electrons. The second-order valence-electron chi connectivity index (χ2n) is 9.91. The van der Waals surface area contributed by atoms with Gasteiger partial charge in [-0.2, -0.15) is 0 Å². The number of carbonyl (C=O) groups is 3. The molecule has 1 unspecified atom stereocenters. The maximum Gasteiger partial charge on any atom is 1.00 e. The van der Waals surface area contributed by atoms with Crippen LogP contribution < -0.4 is 34.7 Å². The van der Waals surface area contributed by atoms with Gasteiger partial charge in [-0.15, -0.1) is 0 Å². The molecule has 0 aliphatic heterocycles. The van der Waals surface area contributed by atoms with E-state index in [9.17, 15) is 19.8 Å². The second-order valence-corrected chi connectivity index (χ2v) is 9.91. The van der Waals surface area contributed by atoms with Gasteiger partial charge in [0.1, 0.15) is 6.61 Å². The minimum absolute atomic E-state index is 0. The van der Waals surface area contributed by atoms with E-state index in [0.717, 1.165) is 39.0 Å². The standard InChI is InChI=1S/C21H30O4.C2H4O2.Na/c1-20-8-7-13(23)9-12(20)3-4-14-15-5-6-16(18(25)11-22)21(15,2)10-17(24)19(14)20;1-2(3)4;/h9,14-17,19,22,24H,3-8,10-11H2,1-2H3;1H3,(H,3,4);/q;;+1/p-1/t14-,15?,16-,17+,19+,20+,21+;;/m1../s1. The predicted molar refractivity (Wildman–Crippen MR) is 104 cm³/mol. The average Bonchev–Trinajstić information content (AvgIpc) is 2.97. The van der Waals surface area contributed by atoms with Crippen molar-refractivity contribution >= 4 is 17.5 Å². The summed E-state index contributed by atoms with van der Waals surface area (Å²) in [5, 5.41) is 29.4. The molecule has 2 N–H and O–H groups in total. The van der Waals surface area contributed by atoms with E-state index in [1.165, 1.54) is 5.57 Å². The van der Waals surface area contributed by atoms with Crippen molar-refractivity contribution in [2.45, 2.75) is 71.8 Å². The summed E-state index contributed by atoms with van der Waals surface area (Å²) < 4.78 is 0. The van der Waals surface area contributed by atoms with Crippen LogP contribution in [-0.2, 0) is 14.4 Å². The van der Waals surface area contributed by atoms with Gasteiger partial charge in [-0.25, -0.2) is 0 Å². The number of aliphatic carboxylic acids is 1. The van der Waals surface area contributed by atoms with Crippen LogP contribution in [0, 0.1) is 34.5 Å². The molecule has 30 heavy (non-hydrogen) atoms. The molecule has 0 aromatic carbocycles. The molecule has 4 aliphatic rings. The topological polar surface area (TPSA) is 115 Å². The van der Waals surface area contributed by atoms with Gasteiger partial charge in [0.2, 0.25) is 0 Å². The van der Waals surface area contributed by atoms with Crippen LogP contribution in [-0.4, -0.2) is 40.5 Å². The van der Waals surface area contributed by atoms with Gasteiger partial charge in [0, 0.05) is 18.3 Å². The summed E-state index contributed by atoms with van der Waals surface area (Å²) in [7, 11) is 0. The number of aliphatic hydroxyl groups is 2. The number of hydrogen-bond acceptors (Lipinski definition) is 6. The van der Waals surface area contributed by atoms with Gasteiger partial charge in [0.05, 0.1) is 6.10 Å². The minimum atomic E-state index is -1.08. The number of carboxylic acid groups (broad SMARTS) is 1. The maximum atomic E-state index is 12.3. The number of allylic oxidation sites excluding steroid dienone is 1. The first-order valence-electron chi connectivity index (χ1n) is 10.8. The first-order chi connectivity index (χ1) is 13.5. The molecule has 7 atom stereocenters. The molecular formula is C23H33NaO6. The smallest absolute Gasteiger partial charge is 0.550 e. The Hall–Kier alpha value is -0.530. The molecular weight excluding hydrogens is 395 g/mol. The summed E-state index contributed by atoms with van der Waals surface area (Å²) in [6.45, 7) is 5.00.